The number of imidazole rings is 1. The zero-order chi connectivity index (χ0) is 17.7. The number of carbonyl (C=O) groups is 2. The quantitative estimate of drug-likeness (QED) is 0.792. The van der Waals surface area contributed by atoms with Crippen LogP contribution in [0.15, 0.2) is 18.2 Å². The first kappa shape index (κ1) is 18.0. The maximum atomic E-state index is 12.2. The fraction of sp³-hybridized carbons (Fsp3) is 0.500. The molecular weight excluding hydrogens is 304 g/mol. The molecule has 0 unspecified atom stereocenters. The van der Waals surface area contributed by atoms with E-state index in [0.717, 1.165) is 29.9 Å². The van der Waals surface area contributed by atoms with Gasteiger partial charge in [0.1, 0.15) is 5.82 Å². The molecule has 0 aliphatic heterocycles. The summed E-state index contributed by atoms with van der Waals surface area (Å²) in [4.78, 5) is 30.4. The molecule has 6 nitrogen and oxygen atoms in total. The number of fused-ring (bicyclic) bond motifs is 1. The van der Waals surface area contributed by atoms with Crippen LogP contribution in [0.3, 0.4) is 0 Å². The molecule has 0 fully saturated rings. The highest BCUT2D eigenvalue weighted by atomic mass is 16.2. The second kappa shape index (κ2) is 7.95. The summed E-state index contributed by atoms with van der Waals surface area (Å²) < 4.78 is 2.00. The van der Waals surface area contributed by atoms with Gasteiger partial charge in [-0.15, -0.1) is 0 Å². The van der Waals surface area contributed by atoms with Crippen molar-refractivity contribution < 1.29 is 9.59 Å². The molecule has 0 bridgehead atoms. The van der Waals surface area contributed by atoms with Crippen molar-refractivity contribution in [3.8, 4) is 0 Å². The molecule has 1 heterocycles. The van der Waals surface area contributed by atoms with Gasteiger partial charge in [-0.25, -0.2) is 4.98 Å². The summed E-state index contributed by atoms with van der Waals surface area (Å²) in [6, 6.07) is 5.52. The topological polar surface area (TPSA) is 67.2 Å². The monoisotopic (exact) mass is 330 g/mol. The Labute approximate surface area is 142 Å². The van der Waals surface area contributed by atoms with E-state index in [0.29, 0.717) is 24.9 Å². The highest BCUT2D eigenvalue weighted by Crippen LogP contribution is 2.16. The summed E-state index contributed by atoms with van der Waals surface area (Å²) in [5, 5.41) is 2.87. The van der Waals surface area contributed by atoms with Crippen molar-refractivity contribution in [1.82, 2.24) is 19.8 Å². The number of nitrogens with one attached hydrogen (secondary N) is 1. The number of aryl methyl sites for hydroxylation is 2. The number of hydrogen-bond acceptors (Lipinski definition) is 3. The predicted octanol–water partition coefficient (Wildman–Crippen LogP) is 2.26. The van der Waals surface area contributed by atoms with Crippen LogP contribution in [0.2, 0.25) is 0 Å². The Bertz CT molecular complexity index is 732. The molecule has 130 valence electrons. The van der Waals surface area contributed by atoms with Gasteiger partial charge in [0.05, 0.1) is 11.0 Å². The van der Waals surface area contributed by atoms with Gasteiger partial charge in [-0.1, -0.05) is 0 Å². The molecule has 1 aromatic heterocycles. The van der Waals surface area contributed by atoms with Crippen LogP contribution < -0.4 is 5.32 Å². The van der Waals surface area contributed by atoms with Crippen LogP contribution in [-0.4, -0.2) is 45.9 Å². The Morgan fingerprint density at radius 3 is 2.62 bits per heavy atom. The highest BCUT2D eigenvalue weighted by Gasteiger charge is 2.11. The Kier molecular flexibility index (Phi) is 5.95. The van der Waals surface area contributed by atoms with E-state index in [1.54, 1.807) is 17.0 Å². The minimum Gasteiger partial charge on any atom is -0.352 e. The first-order chi connectivity index (χ1) is 11.5. The van der Waals surface area contributed by atoms with Gasteiger partial charge < -0.3 is 14.8 Å². The van der Waals surface area contributed by atoms with Crippen LogP contribution in [0, 0.1) is 6.92 Å². The van der Waals surface area contributed by atoms with Crippen molar-refractivity contribution in [2.75, 3.05) is 19.6 Å². The van der Waals surface area contributed by atoms with E-state index in [2.05, 4.69) is 10.3 Å². The van der Waals surface area contributed by atoms with Gasteiger partial charge in [0.25, 0.3) is 5.91 Å². The predicted molar refractivity (Wildman–Crippen MR) is 94.9 cm³/mol. The summed E-state index contributed by atoms with van der Waals surface area (Å²) in [5.41, 5.74) is 2.42. The van der Waals surface area contributed by atoms with Gasteiger partial charge in [-0.2, -0.15) is 0 Å². The van der Waals surface area contributed by atoms with Crippen LogP contribution in [0.1, 0.15) is 42.9 Å². The summed E-state index contributed by atoms with van der Waals surface area (Å²) in [6.45, 7) is 7.82. The van der Waals surface area contributed by atoms with E-state index in [1.165, 1.54) is 0 Å². The molecule has 0 aliphatic carbocycles. The van der Waals surface area contributed by atoms with Gasteiger partial charge in [0.15, 0.2) is 0 Å². The molecule has 6 heteroatoms. The number of amides is 2. The lowest BCUT2D eigenvalue weighted by Crippen LogP contribution is -2.31. The largest absolute Gasteiger partial charge is 0.352 e. The van der Waals surface area contributed by atoms with E-state index >= 15 is 0 Å². The van der Waals surface area contributed by atoms with Gasteiger partial charge in [0.2, 0.25) is 5.91 Å². The third-order valence-corrected chi connectivity index (χ3v) is 4.34. The minimum atomic E-state index is -0.129. The fourth-order valence-electron chi connectivity index (χ4n) is 2.74. The normalized spacial score (nSPS) is 10.8. The average molecular weight is 330 g/mol. The van der Waals surface area contributed by atoms with Gasteiger partial charge in [-0.3, -0.25) is 9.59 Å². The van der Waals surface area contributed by atoms with Crippen LogP contribution in [-0.2, 0) is 11.8 Å². The molecule has 2 aromatic rings. The van der Waals surface area contributed by atoms with E-state index < -0.39 is 0 Å². The van der Waals surface area contributed by atoms with E-state index in [1.807, 2.05) is 38.5 Å². The van der Waals surface area contributed by atoms with Gasteiger partial charge in [0, 0.05) is 38.7 Å². The van der Waals surface area contributed by atoms with Crippen molar-refractivity contribution in [1.29, 1.82) is 0 Å². The second-order valence-corrected chi connectivity index (χ2v) is 5.85. The third-order valence-electron chi connectivity index (χ3n) is 4.34. The van der Waals surface area contributed by atoms with Crippen molar-refractivity contribution in [3.63, 3.8) is 0 Å². The van der Waals surface area contributed by atoms with Crippen molar-refractivity contribution >= 4 is 22.8 Å². The standard InChI is InChI=1S/C18H26N4O2/c1-5-22(6-2)17(23)8-7-11-19-18(24)14-9-10-16-15(12-14)20-13(3)21(16)4/h9-10,12H,5-8,11H2,1-4H3,(H,19,24). The van der Waals surface area contributed by atoms with E-state index in [4.69, 9.17) is 0 Å². The number of benzene rings is 1. The van der Waals surface area contributed by atoms with Crippen LogP contribution in [0.4, 0.5) is 0 Å². The van der Waals surface area contributed by atoms with E-state index in [-0.39, 0.29) is 11.8 Å². The summed E-state index contributed by atoms with van der Waals surface area (Å²) >= 11 is 0. The smallest absolute Gasteiger partial charge is 0.251 e. The van der Waals surface area contributed by atoms with Crippen LogP contribution >= 0.6 is 0 Å². The fourth-order valence-corrected chi connectivity index (χ4v) is 2.74. The Hall–Kier alpha value is -2.37. The number of aromatic nitrogens is 2. The zero-order valence-electron chi connectivity index (χ0n) is 14.9. The first-order valence-corrected chi connectivity index (χ1v) is 8.47. The number of rotatable bonds is 7. The molecule has 0 spiro atoms. The number of hydrogen-bond donors (Lipinski definition) is 1. The molecule has 0 radical (unpaired) electrons. The SMILES string of the molecule is CCN(CC)C(=O)CCCNC(=O)c1ccc2c(c1)nc(C)n2C. The lowest BCUT2D eigenvalue weighted by molar-refractivity contribution is -0.130. The molecule has 0 aliphatic rings. The van der Waals surface area contributed by atoms with Crippen molar-refractivity contribution in [3.05, 3.63) is 29.6 Å². The Morgan fingerprint density at radius 1 is 1.25 bits per heavy atom. The molecule has 0 atom stereocenters. The average Bonchev–Trinajstić information content (AvgIpc) is 2.86. The summed E-state index contributed by atoms with van der Waals surface area (Å²) in [6.07, 6.45) is 1.10. The Balaban J connectivity index is 1.88. The Morgan fingerprint density at radius 2 is 1.96 bits per heavy atom. The maximum absolute atomic E-state index is 12.2. The molecule has 1 N–H and O–H groups in total. The van der Waals surface area contributed by atoms with Crippen LogP contribution in [0.5, 0.6) is 0 Å². The number of nitrogens with zero attached hydrogens (tertiary/aromatic N) is 3. The first-order valence-electron chi connectivity index (χ1n) is 8.47. The molecule has 1 aromatic carbocycles. The third kappa shape index (κ3) is 3.93. The number of carbonyl (C=O) groups excluding carboxylic acids is 2. The molecule has 0 saturated carbocycles. The maximum Gasteiger partial charge on any atom is 0.251 e. The molecular formula is C18H26N4O2. The van der Waals surface area contributed by atoms with Crippen molar-refractivity contribution in [2.24, 2.45) is 7.05 Å². The summed E-state index contributed by atoms with van der Waals surface area (Å²) in [7, 11) is 1.96. The molecule has 2 rings (SSSR count). The molecule has 24 heavy (non-hydrogen) atoms. The lowest BCUT2D eigenvalue weighted by atomic mass is 10.2. The molecule has 0 saturated heterocycles. The minimum absolute atomic E-state index is 0.129. The van der Waals surface area contributed by atoms with Gasteiger partial charge in [-0.05, 0) is 45.4 Å². The zero-order valence-corrected chi connectivity index (χ0v) is 14.9. The molecule has 2 amide bonds. The summed E-state index contributed by atoms with van der Waals surface area (Å²) in [5.74, 6) is 0.924. The second-order valence-electron chi connectivity index (χ2n) is 5.85. The van der Waals surface area contributed by atoms with Crippen LogP contribution in [0.25, 0.3) is 11.0 Å². The highest BCUT2D eigenvalue weighted by molar-refractivity contribution is 5.97. The van der Waals surface area contributed by atoms with Crippen molar-refractivity contribution in [2.45, 2.75) is 33.6 Å². The van der Waals surface area contributed by atoms with E-state index in [9.17, 15) is 9.59 Å². The lowest BCUT2D eigenvalue weighted by Gasteiger charge is -2.18. The van der Waals surface area contributed by atoms with Gasteiger partial charge >= 0.3 is 0 Å².